The highest BCUT2D eigenvalue weighted by Gasteiger charge is 2.19. The normalized spacial score (nSPS) is 12.1. The Morgan fingerprint density at radius 1 is 1.33 bits per heavy atom. The molecule has 1 aromatic heterocycles. The van der Waals surface area contributed by atoms with Gasteiger partial charge >= 0.3 is 5.97 Å². The molecule has 0 aliphatic heterocycles. The Kier molecular flexibility index (Phi) is 3.99. The van der Waals surface area contributed by atoms with E-state index >= 15 is 0 Å². The fraction of sp³-hybridized carbons (Fsp3) is 0.214. The zero-order chi connectivity index (χ0) is 13.0. The van der Waals surface area contributed by atoms with Crippen molar-refractivity contribution in [2.75, 3.05) is 11.4 Å². The van der Waals surface area contributed by atoms with E-state index in [1.165, 1.54) is 0 Å². The molecule has 3 nitrogen and oxygen atoms in total. The molecule has 0 bridgehead atoms. The lowest BCUT2D eigenvalue weighted by Crippen LogP contribution is -2.32. The second-order valence-electron chi connectivity index (χ2n) is 4.09. The van der Waals surface area contributed by atoms with E-state index in [0.717, 1.165) is 11.3 Å². The molecule has 1 atom stereocenters. The Bertz CT molecular complexity index is 496. The van der Waals surface area contributed by atoms with Crippen LogP contribution in [-0.2, 0) is 4.79 Å². The van der Waals surface area contributed by atoms with Crippen LogP contribution in [0, 0.1) is 0 Å². The number of carbonyl (C=O) groups is 1. The van der Waals surface area contributed by atoms with Gasteiger partial charge in [-0.1, -0.05) is 18.2 Å². The summed E-state index contributed by atoms with van der Waals surface area (Å²) in [7, 11) is 0. The Morgan fingerprint density at radius 2 is 2.06 bits per heavy atom. The number of carboxylic acids is 1. The fourth-order valence-electron chi connectivity index (χ4n) is 1.91. The van der Waals surface area contributed by atoms with E-state index in [4.69, 9.17) is 5.11 Å². The van der Waals surface area contributed by atoms with Crippen LogP contribution >= 0.6 is 11.3 Å². The maximum atomic E-state index is 11.0. The number of benzene rings is 1. The lowest BCUT2D eigenvalue weighted by molar-refractivity contribution is -0.135. The molecule has 0 fully saturated rings. The number of anilines is 1. The summed E-state index contributed by atoms with van der Waals surface area (Å²) in [6, 6.07) is 11.7. The van der Waals surface area contributed by atoms with Gasteiger partial charge in [0, 0.05) is 5.69 Å². The van der Waals surface area contributed by atoms with Gasteiger partial charge in [0.1, 0.15) is 6.54 Å². The summed E-state index contributed by atoms with van der Waals surface area (Å²) in [6.45, 7) is 2.03. The maximum Gasteiger partial charge on any atom is 0.323 e. The quantitative estimate of drug-likeness (QED) is 0.896. The van der Waals surface area contributed by atoms with E-state index < -0.39 is 5.97 Å². The molecule has 0 radical (unpaired) electrons. The first kappa shape index (κ1) is 12.6. The van der Waals surface area contributed by atoms with Crippen molar-refractivity contribution in [3.8, 4) is 0 Å². The summed E-state index contributed by atoms with van der Waals surface area (Å²) in [4.78, 5) is 12.9. The van der Waals surface area contributed by atoms with E-state index in [2.05, 4.69) is 5.38 Å². The molecular weight excluding hydrogens is 246 g/mol. The van der Waals surface area contributed by atoms with Crippen LogP contribution in [0.3, 0.4) is 0 Å². The van der Waals surface area contributed by atoms with Crippen LogP contribution < -0.4 is 4.90 Å². The second kappa shape index (κ2) is 5.69. The first-order valence-electron chi connectivity index (χ1n) is 5.74. The van der Waals surface area contributed by atoms with E-state index in [-0.39, 0.29) is 12.6 Å². The number of para-hydroxylation sites is 1. The monoisotopic (exact) mass is 261 g/mol. The summed E-state index contributed by atoms with van der Waals surface area (Å²) in [5.41, 5.74) is 2.07. The predicted octanol–water partition coefficient (Wildman–Crippen LogP) is 3.40. The number of hydrogen-bond acceptors (Lipinski definition) is 3. The summed E-state index contributed by atoms with van der Waals surface area (Å²) in [5, 5.41) is 13.1. The third-order valence-corrected chi connectivity index (χ3v) is 3.59. The van der Waals surface area contributed by atoms with Gasteiger partial charge in [-0.15, -0.1) is 0 Å². The SMILES string of the molecule is CC(c1ccsc1)N(CC(=O)O)c1ccccc1. The van der Waals surface area contributed by atoms with Crippen LogP contribution in [0.1, 0.15) is 18.5 Å². The van der Waals surface area contributed by atoms with Gasteiger partial charge in [-0.25, -0.2) is 0 Å². The van der Waals surface area contributed by atoms with Gasteiger partial charge in [0.25, 0.3) is 0 Å². The minimum absolute atomic E-state index is 0.00102. The molecule has 0 amide bonds. The van der Waals surface area contributed by atoms with Crippen molar-refractivity contribution in [2.24, 2.45) is 0 Å². The topological polar surface area (TPSA) is 40.5 Å². The van der Waals surface area contributed by atoms with Gasteiger partial charge in [0.15, 0.2) is 0 Å². The highest BCUT2D eigenvalue weighted by atomic mass is 32.1. The van der Waals surface area contributed by atoms with Crippen LogP contribution in [0.25, 0.3) is 0 Å². The molecule has 1 unspecified atom stereocenters. The third-order valence-electron chi connectivity index (χ3n) is 2.89. The van der Waals surface area contributed by atoms with Crippen LogP contribution in [0.15, 0.2) is 47.2 Å². The first-order chi connectivity index (χ1) is 8.68. The number of hydrogen-bond donors (Lipinski definition) is 1. The smallest absolute Gasteiger partial charge is 0.323 e. The zero-order valence-electron chi connectivity index (χ0n) is 10.1. The lowest BCUT2D eigenvalue weighted by atomic mass is 10.1. The molecule has 1 aromatic carbocycles. The molecule has 4 heteroatoms. The largest absolute Gasteiger partial charge is 0.480 e. The lowest BCUT2D eigenvalue weighted by Gasteiger charge is -2.29. The molecule has 0 spiro atoms. The van der Waals surface area contributed by atoms with Crippen LogP contribution in [0.5, 0.6) is 0 Å². The van der Waals surface area contributed by atoms with Gasteiger partial charge < -0.3 is 10.0 Å². The number of rotatable bonds is 5. The van der Waals surface area contributed by atoms with Crippen molar-refractivity contribution in [3.05, 3.63) is 52.7 Å². The fourth-order valence-corrected chi connectivity index (χ4v) is 2.66. The van der Waals surface area contributed by atoms with E-state index in [1.54, 1.807) is 11.3 Å². The van der Waals surface area contributed by atoms with Crippen molar-refractivity contribution < 1.29 is 9.90 Å². The molecule has 1 N–H and O–H groups in total. The highest BCUT2D eigenvalue weighted by molar-refractivity contribution is 7.08. The Morgan fingerprint density at radius 3 is 2.61 bits per heavy atom. The first-order valence-corrected chi connectivity index (χ1v) is 6.68. The molecule has 0 aliphatic carbocycles. The van der Waals surface area contributed by atoms with E-state index in [9.17, 15) is 4.79 Å². The summed E-state index contributed by atoms with van der Waals surface area (Å²) in [5.74, 6) is -0.819. The summed E-state index contributed by atoms with van der Waals surface area (Å²) in [6.07, 6.45) is 0. The van der Waals surface area contributed by atoms with Gasteiger partial charge in [0.2, 0.25) is 0 Å². The number of nitrogens with zero attached hydrogens (tertiary/aromatic N) is 1. The van der Waals surface area contributed by atoms with Crippen LogP contribution in [-0.4, -0.2) is 17.6 Å². The Balaban J connectivity index is 2.28. The molecule has 0 aliphatic rings. The van der Waals surface area contributed by atoms with Crippen molar-refractivity contribution in [1.29, 1.82) is 0 Å². The summed E-state index contributed by atoms with van der Waals surface area (Å²) < 4.78 is 0. The van der Waals surface area contributed by atoms with Crippen LogP contribution in [0.2, 0.25) is 0 Å². The van der Waals surface area contributed by atoms with E-state index in [0.29, 0.717) is 0 Å². The number of carboxylic acid groups (broad SMARTS) is 1. The number of aliphatic carboxylic acids is 1. The average Bonchev–Trinajstić information content (AvgIpc) is 2.90. The van der Waals surface area contributed by atoms with Gasteiger partial charge in [0.05, 0.1) is 6.04 Å². The van der Waals surface area contributed by atoms with Crippen molar-refractivity contribution in [3.63, 3.8) is 0 Å². The van der Waals surface area contributed by atoms with Crippen molar-refractivity contribution >= 4 is 23.0 Å². The zero-order valence-corrected chi connectivity index (χ0v) is 10.9. The highest BCUT2D eigenvalue weighted by Crippen LogP contribution is 2.27. The predicted molar refractivity (Wildman–Crippen MR) is 74.2 cm³/mol. The molecule has 94 valence electrons. The Labute approximate surface area is 110 Å². The molecule has 2 rings (SSSR count). The van der Waals surface area contributed by atoms with Crippen molar-refractivity contribution in [1.82, 2.24) is 0 Å². The molecule has 2 aromatic rings. The number of thiophene rings is 1. The minimum atomic E-state index is -0.819. The average molecular weight is 261 g/mol. The molecule has 1 heterocycles. The van der Waals surface area contributed by atoms with Crippen LogP contribution in [0.4, 0.5) is 5.69 Å². The molecule has 18 heavy (non-hydrogen) atoms. The van der Waals surface area contributed by atoms with Gasteiger partial charge in [-0.05, 0) is 41.4 Å². The summed E-state index contributed by atoms with van der Waals surface area (Å²) >= 11 is 1.63. The van der Waals surface area contributed by atoms with Crippen molar-refractivity contribution in [2.45, 2.75) is 13.0 Å². The van der Waals surface area contributed by atoms with Gasteiger partial charge in [-0.2, -0.15) is 11.3 Å². The molecular formula is C14H15NO2S. The van der Waals surface area contributed by atoms with E-state index in [1.807, 2.05) is 53.6 Å². The maximum absolute atomic E-state index is 11.0. The minimum Gasteiger partial charge on any atom is -0.480 e. The second-order valence-corrected chi connectivity index (χ2v) is 4.87. The standard InChI is InChI=1S/C14H15NO2S/c1-11(12-7-8-18-10-12)15(9-14(16)17)13-5-3-2-4-6-13/h2-8,10-11H,9H2,1H3,(H,16,17). The molecule has 0 saturated heterocycles. The Hall–Kier alpha value is -1.81. The van der Waals surface area contributed by atoms with Gasteiger partial charge in [-0.3, -0.25) is 4.79 Å². The third kappa shape index (κ3) is 2.90. The molecule has 0 saturated carbocycles.